The molecule has 1 fully saturated rings. The van der Waals surface area contributed by atoms with Crippen LogP contribution in [0.4, 0.5) is 0 Å². The van der Waals surface area contributed by atoms with Crippen LogP contribution in [0.15, 0.2) is 22.8 Å². The van der Waals surface area contributed by atoms with Crippen molar-refractivity contribution in [3.63, 3.8) is 0 Å². The average Bonchev–Trinajstić information content (AvgIpc) is 3.13. The van der Waals surface area contributed by atoms with Crippen LogP contribution in [0.1, 0.15) is 49.1 Å². The highest BCUT2D eigenvalue weighted by molar-refractivity contribution is 5.43. The Kier molecular flexibility index (Phi) is 9.12. The summed E-state index contributed by atoms with van der Waals surface area (Å²) in [7, 11) is 3.66. The maximum atomic E-state index is 10.5. The first-order valence-corrected chi connectivity index (χ1v) is 11.2. The molecule has 1 unspecified atom stereocenters. The molecule has 8 nitrogen and oxygen atoms in total. The fourth-order valence-corrected chi connectivity index (χ4v) is 3.98. The minimum Gasteiger partial charge on any atom is -0.493 e. The average molecular weight is 433 g/mol. The number of β-amino-alcohol motifs (C(OH)–C–C–N with tert-alkyl or cyclic N) is 1. The number of aromatic nitrogens is 2. The summed E-state index contributed by atoms with van der Waals surface area (Å²) in [6.45, 7) is 6.29. The molecule has 2 heterocycles. The van der Waals surface area contributed by atoms with Gasteiger partial charge in [-0.25, -0.2) is 4.63 Å². The highest BCUT2D eigenvalue weighted by atomic mass is 16.6. The first kappa shape index (κ1) is 23.5. The van der Waals surface area contributed by atoms with Crippen molar-refractivity contribution in [2.45, 2.75) is 58.2 Å². The van der Waals surface area contributed by atoms with Crippen LogP contribution in [-0.2, 0) is 13.1 Å². The second kappa shape index (κ2) is 12.0. The topological polar surface area (TPSA) is 84.1 Å². The van der Waals surface area contributed by atoms with E-state index in [1.165, 1.54) is 32.1 Å². The van der Waals surface area contributed by atoms with Crippen molar-refractivity contribution in [1.29, 1.82) is 0 Å². The lowest BCUT2D eigenvalue weighted by Crippen LogP contribution is -2.37. The van der Waals surface area contributed by atoms with E-state index >= 15 is 0 Å². The van der Waals surface area contributed by atoms with E-state index in [1.807, 2.05) is 32.2 Å². The molecule has 3 rings (SSSR count). The van der Waals surface area contributed by atoms with Crippen molar-refractivity contribution in [2.24, 2.45) is 0 Å². The normalized spacial score (nSPS) is 16.7. The summed E-state index contributed by atoms with van der Waals surface area (Å²) < 4.78 is 16.2. The summed E-state index contributed by atoms with van der Waals surface area (Å²) in [5.74, 6) is 1.32. The largest absolute Gasteiger partial charge is 0.493 e. The zero-order valence-corrected chi connectivity index (χ0v) is 19.0. The van der Waals surface area contributed by atoms with Crippen LogP contribution < -0.4 is 9.47 Å². The number of nitrogens with zero attached hydrogens (tertiary/aromatic N) is 4. The summed E-state index contributed by atoms with van der Waals surface area (Å²) in [5.41, 5.74) is 2.74. The minimum absolute atomic E-state index is 0.255. The zero-order chi connectivity index (χ0) is 22.1. The third-order valence-electron chi connectivity index (χ3n) is 5.70. The summed E-state index contributed by atoms with van der Waals surface area (Å²) in [5, 5.41) is 18.2. The molecule has 0 radical (unpaired) electrons. The van der Waals surface area contributed by atoms with Crippen molar-refractivity contribution < 1.29 is 19.2 Å². The van der Waals surface area contributed by atoms with Crippen molar-refractivity contribution >= 4 is 0 Å². The number of aryl methyl sites for hydroxylation is 1. The number of methoxy groups -OCH3 is 1. The Bertz CT molecular complexity index is 790. The predicted octanol–water partition coefficient (Wildman–Crippen LogP) is 3.02. The number of ether oxygens (including phenoxy) is 2. The van der Waals surface area contributed by atoms with E-state index in [1.54, 1.807) is 7.11 Å². The molecular weight excluding hydrogens is 396 g/mol. The quantitative estimate of drug-likeness (QED) is 0.613. The highest BCUT2D eigenvalue weighted by Gasteiger charge is 2.16. The van der Waals surface area contributed by atoms with Crippen molar-refractivity contribution in [1.82, 2.24) is 20.1 Å². The molecule has 1 aromatic heterocycles. The lowest BCUT2D eigenvalue weighted by molar-refractivity contribution is 0.0645. The summed E-state index contributed by atoms with van der Waals surface area (Å²) in [6.07, 6.45) is 5.82. The highest BCUT2D eigenvalue weighted by Crippen LogP contribution is 2.29. The molecule has 1 aliphatic rings. The van der Waals surface area contributed by atoms with Crippen LogP contribution >= 0.6 is 0 Å². The molecule has 8 heteroatoms. The fourth-order valence-electron chi connectivity index (χ4n) is 3.98. The molecule has 0 bridgehead atoms. The molecule has 0 spiro atoms. The Labute approximate surface area is 185 Å². The number of rotatable bonds is 10. The number of aliphatic hydroxyl groups is 1. The standard InChI is InChI=1S/C23H36N4O4/c1-18-21(25-31-24-18)16-26(2)14-19-9-10-22(23(13-19)29-3)30-17-20(28)15-27-11-7-5-4-6-8-12-27/h9-10,13,20,28H,4-8,11-12,14-17H2,1-3H3. The molecule has 1 atom stereocenters. The molecule has 0 saturated carbocycles. The van der Waals surface area contributed by atoms with Gasteiger partial charge in [-0.2, -0.15) is 0 Å². The molecule has 1 aromatic carbocycles. The Morgan fingerprint density at radius 3 is 2.52 bits per heavy atom. The third-order valence-corrected chi connectivity index (χ3v) is 5.70. The van der Waals surface area contributed by atoms with Crippen LogP contribution in [0, 0.1) is 6.92 Å². The van der Waals surface area contributed by atoms with Crippen molar-refractivity contribution in [3.05, 3.63) is 35.2 Å². The summed E-state index contributed by atoms with van der Waals surface area (Å²) in [4.78, 5) is 4.49. The van der Waals surface area contributed by atoms with E-state index < -0.39 is 6.10 Å². The van der Waals surface area contributed by atoms with Gasteiger partial charge >= 0.3 is 0 Å². The number of hydrogen-bond donors (Lipinski definition) is 1. The van der Waals surface area contributed by atoms with Gasteiger partial charge in [0.25, 0.3) is 0 Å². The van der Waals surface area contributed by atoms with Crippen LogP contribution in [0.5, 0.6) is 11.5 Å². The Morgan fingerprint density at radius 1 is 1.10 bits per heavy atom. The van der Waals surface area contributed by atoms with Crippen LogP contribution in [0.25, 0.3) is 0 Å². The second-order valence-electron chi connectivity index (χ2n) is 8.49. The van der Waals surface area contributed by atoms with Crippen LogP contribution in [-0.4, -0.2) is 71.7 Å². The molecule has 2 aromatic rings. The minimum atomic E-state index is -0.519. The third kappa shape index (κ3) is 7.48. The van der Waals surface area contributed by atoms with Gasteiger partial charge in [0.2, 0.25) is 0 Å². The summed E-state index contributed by atoms with van der Waals surface area (Å²) in [6, 6.07) is 5.91. The first-order valence-electron chi connectivity index (χ1n) is 11.2. The van der Waals surface area contributed by atoms with Crippen LogP contribution in [0.3, 0.4) is 0 Å². The summed E-state index contributed by atoms with van der Waals surface area (Å²) >= 11 is 0. The van der Waals surface area contributed by atoms with E-state index in [0.29, 0.717) is 24.6 Å². The lowest BCUT2D eigenvalue weighted by Gasteiger charge is -2.26. The molecule has 1 saturated heterocycles. The number of aliphatic hydroxyl groups excluding tert-OH is 1. The van der Waals surface area contributed by atoms with Crippen LogP contribution in [0.2, 0.25) is 0 Å². The smallest absolute Gasteiger partial charge is 0.161 e. The molecule has 0 aliphatic carbocycles. The molecule has 172 valence electrons. The Morgan fingerprint density at radius 2 is 1.84 bits per heavy atom. The predicted molar refractivity (Wildman–Crippen MR) is 118 cm³/mol. The molecule has 31 heavy (non-hydrogen) atoms. The first-order chi connectivity index (χ1) is 15.0. The maximum absolute atomic E-state index is 10.5. The van der Waals surface area contributed by atoms with Gasteiger partial charge < -0.3 is 19.5 Å². The monoisotopic (exact) mass is 432 g/mol. The molecular formula is C23H36N4O4. The van der Waals surface area contributed by atoms with Crippen molar-refractivity contribution in [3.8, 4) is 11.5 Å². The SMILES string of the molecule is COc1cc(CN(C)Cc2nonc2C)ccc1OCC(O)CN1CCCCCCC1. The van der Waals surface area contributed by atoms with E-state index in [-0.39, 0.29) is 6.61 Å². The second-order valence-corrected chi connectivity index (χ2v) is 8.49. The number of likely N-dealkylation sites (tertiary alicyclic amines) is 1. The van der Waals surface area contributed by atoms with E-state index in [9.17, 15) is 5.11 Å². The molecule has 1 N–H and O–H groups in total. The van der Waals surface area contributed by atoms with Gasteiger partial charge in [0.15, 0.2) is 11.5 Å². The van der Waals surface area contributed by atoms with Gasteiger partial charge in [-0.1, -0.05) is 35.6 Å². The zero-order valence-electron chi connectivity index (χ0n) is 19.0. The van der Waals surface area contributed by atoms with Gasteiger partial charge in [-0.05, 0) is 57.6 Å². The number of hydrogen-bond acceptors (Lipinski definition) is 8. The molecule has 1 aliphatic heterocycles. The van der Waals surface area contributed by atoms with Gasteiger partial charge in [-0.3, -0.25) is 4.90 Å². The van der Waals surface area contributed by atoms with Crippen molar-refractivity contribution in [2.75, 3.05) is 40.4 Å². The Balaban J connectivity index is 1.50. The van der Waals surface area contributed by atoms with Gasteiger partial charge in [0.1, 0.15) is 24.1 Å². The van der Waals surface area contributed by atoms with Gasteiger partial charge in [-0.15, -0.1) is 0 Å². The molecule has 0 amide bonds. The Hall–Kier alpha value is -2.16. The van der Waals surface area contributed by atoms with E-state index in [0.717, 1.165) is 36.6 Å². The number of benzene rings is 1. The van der Waals surface area contributed by atoms with Gasteiger partial charge in [0.05, 0.1) is 7.11 Å². The van der Waals surface area contributed by atoms with E-state index in [4.69, 9.17) is 14.1 Å². The lowest BCUT2D eigenvalue weighted by atomic mass is 10.1. The fraction of sp³-hybridized carbons (Fsp3) is 0.652. The van der Waals surface area contributed by atoms with Gasteiger partial charge in [0, 0.05) is 19.6 Å². The van der Waals surface area contributed by atoms with E-state index in [2.05, 4.69) is 20.1 Å². The maximum Gasteiger partial charge on any atom is 0.161 e.